The topological polar surface area (TPSA) is 74.6 Å². The molecule has 0 aromatic carbocycles. The fourth-order valence-corrected chi connectivity index (χ4v) is 1.36. The summed E-state index contributed by atoms with van der Waals surface area (Å²) in [6.45, 7) is 0. The fourth-order valence-electron chi connectivity index (χ4n) is 1.36. The van der Waals surface area contributed by atoms with Gasteiger partial charge in [0, 0.05) is 0 Å². The van der Waals surface area contributed by atoms with E-state index in [-0.39, 0.29) is 20.3 Å². The Balaban J connectivity index is 0. The molecule has 0 aromatic heterocycles. The second-order valence-corrected chi connectivity index (χ2v) is 2.83. The maximum absolute atomic E-state index is 10.6. The molecule has 0 saturated carbocycles. The van der Waals surface area contributed by atoms with Crippen molar-refractivity contribution in [2.24, 2.45) is 11.8 Å². The minimum atomic E-state index is -1.02. The van der Waals surface area contributed by atoms with Crippen molar-refractivity contribution in [3.05, 3.63) is 12.2 Å². The summed E-state index contributed by atoms with van der Waals surface area (Å²) in [6.07, 6.45) is 4.09. The van der Waals surface area contributed by atoms with Crippen LogP contribution in [-0.4, -0.2) is 22.2 Å². The third-order valence-electron chi connectivity index (χ3n) is 2.07. The Morgan fingerprint density at radius 3 is 1.62 bits per heavy atom. The van der Waals surface area contributed by atoms with Crippen LogP contribution in [0.25, 0.3) is 0 Å². The molecule has 1 rings (SSSR count). The first-order chi connectivity index (χ1) is 5.63. The molecule has 0 heterocycles. The van der Waals surface area contributed by atoms with Gasteiger partial charge in [-0.25, -0.2) is 0 Å². The molecule has 0 spiro atoms. The van der Waals surface area contributed by atoms with Crippen molar-refractivity contribution >= 4 is 11.9 Å². The molecular formula is C8H11LiO4. The number of carboxylic acid groups (broad SMARTS) is 2. The summed E-state index contributed by atoms with van der Waals surface area (Å²) in [5.74, 6) is -3.56. The first-order valence-corrected chi connectivity index (χ1v) is 3.73. The molecule has 68 valence electrons. The zero-order chi connectivity index (χ0) is 9.14. The number of carboxylic acids is 2. The van der Waals surface area contributed by atoms with Crippen molar-refractivity contribution in [1.29, 1.82) is 0 Å². The van der Waals surface area contributed by atoms with Crippen LogP contribution in [0.2, 0.25) is 0 Å². The zero-order valence-corrected chi connectivity index (χ0v) is 7.43. The van der Waals surface area contributed by atoms with Gasteiger partial charge >= 0.3 is 30.8 Å². The van der Waals surface area contributed by atoms with Crippen LogP contribution in [0.1, 0.15) is 14.3 Å². The van der Waals surface area contributed by atoms with Gasteiger partial charge in [0.2, 0.25) is 0 Å². The number of hydrogen-bond donors (Lipinski definition) is 2. The van der Waals surface area contributed by atoms with E-state index in [4.69, 9.17) is 10.2 Å². The van der Waals surface area contributed by atoms with E-state index in [0.29, 0.717) is 12.8 Å². The largest absolute Gasteiger partial charge is 1.00 e. The number of rotatable bonds is 2. The Morgan fingerprint density at radius 1 is 1.08 bits per heavy atom. The second-order valence-electron chi connectivity index (χ2n) is 2.83. The second kappa shape index (κ2) is 5.10. The molecule has 2 unspecified atom stereocenters. The minimum Gasteiger partial charge on any atom is -1.00 e. The summed E-state index contributed by atoms with van der Waals surface area (Å²) in [7, 11) is 0. The van der Waals surface area contributed by atoms with E-state index in [2.05, 4.69) is 0 Å². The number of hydrogen-bond acceptors (Lipinski definition) is 2. The molecule has 2 N–H and O–H groups in total. The van der Waals surface area contributed by atoms with E-state index in [0.717, 1.165) is 0 Å². The Hall–Kier alpha value is -0.723. The first kappa shape index (κ1) is 12.3. The average Bonchev–Trinajstić information content (AvgIpc) is 2.04. The van der Waals surface area contributed by atoms with Crippen molar-refractivity contribution in [3.8, 4) is 0 Å². The molecule has 0 bridgehead atoms. The summed E-state index contributed by atoms with van der Waals surface area (Å²) in [4.78, 5) is 21.1. The molecule has 1 aliphatic rings. The Kier molecular flexibility index (Phi) is 4.82. The quantitative estimate of drug-likeness (QED) is 0.373. The van der Waals surface area contributed by atoms with Crippen molar-refractivity contribution in [1.82, 2.24) is 0 Å². The average molecular weight is 178 g/mol. The summed E-state index contributed by atoms with van der Waals surface area (Å²) in [6, 6.07) is 0. The molecule has 0 aromatic rings. The Morgan fingerprint density at radius 2 is 1.38 bits per heavy atom. The summed E-state index contributed by atoms with van der Waals surface area (Å²) < 4.78 is 0. The summed E-state index contributed by atoms with van der Waals surface area (Å²) in [5.41, 5.74) is 0. The van der Waals surface area contributed by atoms with Crippen LogP contribution in [0, 0.1) is 11.8 Å². The third-order valence-corrected chi connectivity index (χ3v) is 2.07. The molecule has 4 nitrogen and oxygen atoms in total. The molecule has 0 saturated heterocycles. The predicted molar refractivity (Wildman–Crippen MR) is 41.7 cm³/mol. The van der Waals surface area contributed by atoms with Gasteiger partial charge in [-0.2, -0.15) is 0 Å². The van der Waals surface area contributed by atoms with E-state index >= 15 is 0 Å². The van der Waals surface area contributed by atoms with Crippen molar-refractivity contribution in [2.45, 2.75) is 12.8 Å². The van der Waals surface area contributed by atoms with Crippen molar-refractivity contribution < 1.29 is 40.1 Å². The minimum absolute atomic E-state index is 0. The van der Waals surface area contributed by atoms with E-state index in [9.17, 15) is 9.59 Å². The molecule has 13 heavy (non-hydrogen) atoms. The van der Waals surface area contributed by atoms with Gasteiger partial charge in [0.25, 0.3) is 0 Å². The number of allylic oxidation sites excluding steroid dienone is 2. The van der Waals surface area contributed by atoms with Gasteiger partial charge in [-0.05, 0) is 12.8 Å². The van der Waals surface area contributed by atoms with E-state index in [1.54, 1.807) is 12.2 Å². The maximum atomic E-state index is 10.6. The van der Waals surface area contributed by atoms with E-state index in [1.807, 2.05) is 0 Å². The van der Waals surface area contributed by atoms with Crippen LogP contribution in [-0.2, 0) is 9.59 Å². The molecule has 1 aliphatic carbocycles. The van der Waals surface area contributed by atoms with E-state index in [1.165, 1.54) is 0 Å². The monoisotopic (exact) mass is 178 g/mol. The Bertz CT molecular complexity index is 217. The first-order valence-electron chi connectivity index (χ1n) is 3.73. The van der Waals surface area contributed by atoms with Crippen LogP contribution >= 0.6 is 0 Å². The van der Waals surface area contributed by atoms with E-state index < -0.39 is 23.8 Å². The fraction of sp³-hybridized carbons (Fsp3) is 0.500. The van der Waals surface area contributed by atoms with Gasteiger partial charge in [0.05, 0.1) is 11.8 Å². The normalized spacial score (nSPS) is 26.2. The predicted octanol–water partition coefficient (Wildman–Crippen LogP) is -2.15. The van der Waals surface area contributed by atoms with Gasteiger partial charge < -0.3 is 11.6 Å². The Labute approximate surface area is 89.3 Å². The van der Waals surface area contributed by atoms with Crippen LogP contribution in [0.5, 0.6) is 0 Å². The van der Waals surface area contributed by atoms with Crippen molar-refractivity contribution in [2.75, 3.05) is 0 Å². The molecule has 0 aliphatic heterocycles. The zero-order valence-electron chi connectivity index (χ0n) is 8.43. The number of aliphatic carboxylic acids is 2. The summed E-state index contributed by atoms with van der Waals surface area (Å²) >= 11 is 0. The SMILES string of the molecule is O=C(O)C1CC=CCC1C(=O)O.[H-].[Li+]. The number of carbonyl (C=O) groups is 2. The van der Waals surface area contributed by atoms with Gasteiger partial charge in [0.15, 0.2) is 0 Å². The van der Waals surface area contributed by atoms with Gasteiger partial charge in [-0.15, -0.1) is 0 Å². The molecule has 5 heteroatoms. The van der Waals surface area contributed by atoms with Crippen LogP contribution < -0.4 is 18.9 Å². The maximum Gasteiger partial charge on any atom is 1.00 e. The van der Waals surface area contributed by atoms with Crippen LogP contribution in [0.3, 0.4) is 0 Å². The van der Waals surface area contributed by atoms with Crippen LogP contribution in [0.15, 0.2) is 12.2 Å². The molecule has 0 fully saturated rings. The van der Waals surface area contributed by atoms with Gasteiger partial charge in [0.1, 0.15) is 0 Å². The molecule has 0 amide bonds. The third kappa shape index (κ3) is 2.91. The van der Waals surface area contributed by atoms with Crippen LogP contribution in [0.4, 0.5) is 0 Å². The smallest absolute Gasteiger partial charge is 1.00 e. The van der Waals surface area contributed by atoms with Gasteiger partial charge in [-0.3, -0.25) is 9.59 Å². The standard InChI is InChI=1S/C8H10O4.Li.H/c9-7(10)5-3-1-2-4-6(5)8(11)12;;/h1-2,5-6H,3-4H2,(H,9,10)(H,11,12);;/q;+1;-1. The molecule has 0 radical (unpaired) electrons. The molecular weight excluding hydrogens is 167 g/mol. The van der Waals surface area contributed by atoms with Crippen molar-refractivity contribution in [3.63, 3.8) is 0 Å². The molecule has 2 atom stereocenters. The summed E-state index contributed by atoms with van der Waals surface area (Å²) in [5, 5.41) is 17.3. The van der Waals surface area contributed by atoms with Gasteiger partial charge in [-0.1, -0.05) is 12.2 Å².